The molecule has 0 aliphatic carbocycles. The van der Waals surface area contributed by atoms with Crippen LogP contribution < -0.4 is 15.0 Å². The lowest BCUT2D eigenvalue weighted by atomic mass is 10.3. The maximum atomic E-state index is 11.3. The number of benzene rings is 2. The summed E-state index contributed by atoms with van der Waals surface area (Å²) < 4.78 is 49.1. The molecule has 2 rings (SSSR count). The fraction of sp³-hybridized carbons (Fsp3) is 0.0714. The molecule has 0 amide bonds. The van der Waals surface area contributed by atoms with Gasteiger partial charge in [0.2, 0.25) is 31.5 Å². The van der Waals surface area contributed by atoms with Crippen LogP contribution in [0.25, 0.3) is 0 Å². The van der Waals surface area contributed by atoms with Gasteiger partial charge >= 0.3 is 17.3 Å². The highest BCUT2D eigenvalue weighted by molar-refractivity contribution is 7.89. The van der Waals surface area contributed by atoms with Gasteiger partial charge in [0.25, 0.3) is 0 Å². The van der Waals surface area contributed by atoms with Gasteiger partial charge in [0.15, 0.2) is 4.90 Å². The van der Waals surface area contributed by atoms with Crippen molar-refractivity contribution in [3.63, 3.8) is 0 Å². The van der Waals surface area contributed by atoms with Crippen molar-refractivity contribution >= 4 is 60.6 Å². The molecule has 0 aliphatic heterocycles. The molecule has 0 saturated heterocycles. The molecule has 2 aromatic rings. The van der Waals surface area contributed by atoms with E-state index < -0.39 is 68.5 Å². The Labute approximate surface area is 194 Å². The summed E-state index contributed by atoms with van der Waals surface area (Å²) in [7, 11) is -8.69. The Bertz CT molecular complexity index is 1360. The fourth-order valence-corrected chi connectivity index (χ4v) is 4.54. The number of nitrogens with two attached hydrogens (primary N) is 2. The number of phenols is 1. The van der Waals surface area contributed by atoms with E-state index in [1.54, 1.807) is 0 Å². The molecular weight excluding hydrogens is 535 g/mol. The second kappa shape index (κ2) is 10.2. The average Bonchev–Trinajstić information content (AvgIpc) is 2.58. The predicted molar refractivity (Wildman–Crippen MR) is 112 cm³/mol. The molecule has 19 heteroatoms. The Kier molecular flexibility index (Phi) is 8.67. The third-order valence-corrected chi connectivity index (χ3v) is 6.12. The lowest BCUT2D eigenvalue weighted by Crippen LogP contribution is -2.16. The maximum Gasteiger partial charge on any atom is 0.313 e. The maximum absolute atomic E-state index is 11.3. The van der Waals surface area contributed by atoms with Crippen molar-refractivity contribution in [3.05, 3.63) is 54.5 Å². The van der Waals surface area contributed by atoms with Crippen LogP contribution in [-0.4, -0.2) is 37.8 Å². The number of hydrogen-bond donors (Lipinski definition) is 3. The highest BCUT2D eigenvalue weighted by atomic mass is 35.5. The highest BCUT2D eigenvalue weighted by Crippen LogP contribution is 2.39. The number of nitro benzene ring substituents is 2. The van der Waals surface area contributed by atoms with Crippen molar-refractivity contribution in [1.29, 1.82) is 0 Å². The predicted octanol–water partition coefficient (Wildman–Crippen LogP) is 1.42. The molecule has 180 valence electrons. The summed E-state index contributed by atoms with van der Waals surface area (Å²) in [6.07, 6.45) is 0. The van der Waals surface area contributed by atoms with Gasteiger partial charge in [-0.15, -0.1) is 0 Å². The molecule has 0 unspecified atom stereocenters. The number of phenolic OH excluding ortho intramolecular Hbond substituents is 1. The van der Waals surface area contributed by atoms with Gasteiger partial charge in [0, 0.05) is 19.1 Å². The van der Waals surface area contributed by atoms with Gasteiger partial charge < -0.3 is 9.84 Å². The van der Waals surface area contributed by atoms with Gasteiger partial charge in [-0.2, -0.15) is 0 Å². The number of rotatable bonds is 5. The summed E-state index contributed by atoms with van der Waals surface area (Å²) in [6, 6.07) is 3.74. The highest BCUT2D eigenvalue weighted by Gasteiger charge is 2.30. The van der Waals surface area contributed by atoms with E-state index in [0.717, 1.165) is 31.2 Å². The number of sulfonamides is 2. The minimum absolute atomic E-state index is 0.374. The van der Waals surface area contributed by atoms with E-state index in [2.05, 4.69) is 4.74 Å². The zero-order chi connectivity index (χ0) is 25.9. The van der Waals surface area contributed by atoms with Crippen molar-refractivity contribution in [2.45, 2.75) is 16.7 Å². The minimum atomic E-state index is -4.38. The van der Waals surface area contributed by atoms with Crippen LogP contribution in [0.2, 0.25) is 10.0 Å². The van der Waals surface area contributed by atoms with Crippen molar-refractivity contribution < 1.29 is 41.3 Å². The van der Waals surface area contributed by atoms with Crippen LogP contribution in [0.4, 0.5) is 11.4 Å². The third-order valence-electron chi connectivity index (χ3n) is 3.31. The lowest BCUT2D eigenvalue weighted by Gasteiger charge is -2.09. The standard InChI is InChI=1S/C8H7ClN2O6S.C6H5ClN2O5S/c1-4(12)17-7-6(11(13)14)3-2-5(9)8(7)18(10,15)16;7-3-1-2-4(9(11)12)5(10)6(3)15(8,13)14/h2-3H,1H3,(H2,10,15,16);1-2,10H,(H2,8,13,14). The molecule has 15 nitrogen and oxygen atoms in total. The van der Waals surface area contributed by atoms with Gasteiger partial charge in [-0.05, 0) is 12.1 Å². The van der Waals surface area contributed by atoms with Crippen LogP contribution in [0.15, 0.2) is 34.1 Å². The van der Waals surface area contributed by atoms with Crippen LogP contribution in [0.5, 0.6) is 11.5 Å². The summed E-state index contributed by atoms with van der Waals surface area (Å²) in [4.78, 5) is 28.5. The average molecular weight is 547 g/mol. The Hall–Kier alpha value is -3.09. The second-order valence-corrected chi connectivity index (χ2v) is 9.48. The van der Waals surface area contributed by atoms with Crippen LogP contribution in [0, 0.1) is 20.2 Å². The van der Waals surface area contributed by atoms with E-state index in [4.69, 9.17) is 33.5 Å². The van der Waals surface area contributed by atoms with E-state index in [1.807, 2.05) is 0 Å². The molecule has 33 heavy (non-hydrogen) atoms. The van der Waals surface area contributed by atoms with Gasteiger partial charge in [0.05, 0.1) is 19.9 Å². The lowest BCUT2D eigenvalue weighted by molar-refractivity contribution is -0.386. The van der Waals surface area contributed by atoms with Crippen LogP contribution in [0.3, 0.4) is 0 Å². The molecule has 0 spiro atoms. The first-order valence-electron chi connectivity index (χ1n) is 7.76. The number of esters is 1. The molecule has 0 atom stereocenters. The van der Waals surface area contributed by atoms with Gasteiger partial charge in [-0.1, -0.05) is 23.2 Å². The molecule has 0 radical (unpaired) electrons. The summed E-state index contributed by atoms with van der Waals surface area (Å²) in [5.74, 6) is -2.79. The Morgan fingerprint density at radius 2 is 1.30 bits per heavy atom. The monoisotopic (exact) mass is 546 g/mol. The van der Waals surface area contributed by atoms with Crippen molar-refractivity contribution in [2.24, 2.45) is 10.3 Å². The smallest absolute Gasteiger partial charge is 0.313 e. The molecule has 5 N–H and O–H groups in total. The number of aromatic hydroxyl groups is 1. The molecule has 0 heterocycles. The van der Waals surface area contributed by atoms with Crippen molar-refractivity contribution in [2.75, 3.05) is 0 Å². The zero-order valence-corrected chi connectivity index (χ0v) is 19.1. The molecule has 0 saturated carbocycles. The first-order valence-corrected chi connectivity index (χ1v) is 11.6. The van der Waals surface area contributed by atoms with Gasteiger partial charge in [-0.25, -0.2) is 27.1 Å². The summed E-state index contributed by atoms with van der Waals surface area (Å²) >= 11 is 11.1. The topological polar surface area (TPSA) is 253 Å². The Balaban J connectivity index is 0.000000335. The van der Waals surface area contributed by atoms with E-state index in [1.165, 1.54) is 0 Å². The number of ether oxygens (including phenoxy) is 1. The number of nitrogens with zero attached hydrogens (tertiary/aromatic N) is 2. The number of hydrogen-bond acceptors (Lipinski definition) is 11. The number of carbonyl (C=O) groups is 1. The molecular formula is C14H12Cl2N4O11S2. The van der Waals surface area contributed by atoms with Crippen molar-refractivity contribution in [3.8, 4) is 11.5 Å². The summed E-state index contributed by atoms with van der Waals surface area (Å²) in [6.45, 7) is 0.956. The zero-order valence-electron chi connectivity index (χ0n) is 16.0. The fourth-order valence-electron chi connectivity index (χ4n) is 2.13. The summed E-state index contributed by atoms with van der Waals surface area (Å²) in [5.41, 5.74) is -1.50. The number of carbonyl (C=O) groups excluding carboxylic acids is 1. The molecule has 0 bridgehead atoms. The Morgan fingerprint density at radius 3 is 1.67 bits per heavy atom. The van der Waals surface area contributed by atoms with Crippen LogP contribution in [0.1, 0.15) is 6.92 Å². The molecule has 0 fully saturated rings. The second-order valence-electron chi connectivity index (χ2n) is 5.67. The van der Waals surface area contributed by atoms with E-state index in [-0.39, 0.29) is 10.0 Å². The van der Waals surface area contributed by atoms with E-state index in [9.17, 15) is 47.0 Å². The first-order chi connectivity index (χ1) is 14.9. The molecule has 0 aliphatic rings. The first kappa shape index (κ1) is 27.9. The van der Waals surface area contributed by atoms with E-state index >= 15 is 0 Å². The number of halogens is 2. The molecule has 0 aromatic heterocycles. The van der Waals surface area contributed by atoms with Crippen LogP contribution >= 0.6 is 23.2 Å². The van der Waals surface area contributed by atoms with Gasteiger partial charge in [0.1, 0.15) is 4.90 Å². The third kappa shape index (κ3) is 6.94. The van der Waals surface area contributed by atoms with Crippen molar-refractivity contribution in [1.82, 2.24) is 0 Å². The number of primary sulfonamides is 2. The van der Waals surface area contributed by atoms with E-state index in [0.29, 0.717) is 0 Å². The normalized spacial score (nSPS) is 11.2. The SMILES string of the molecule is CC(=O)Oc1c([N+](=O)[O-])ccc(Cl)c1S(N)(=O)=O.NS(=O)(=O)c1c(Cl)ccc([N+](=O)[O-])c1O. The number of nitro groups is 2. The quantitative estimate of drug-likeness (QED) is 0.209. The largest absolute Gasteiger partial charge is 0.501 e. The Morgan fingerprint density at radius 1 is 0.909 bits per heavy atom. The molecule has 2 aromatic carbocycles. The summed E-state index contributed by atoms with van der Waals surface area (Å²) in [5, 5.41) is 39.3. The van der Waals surface area contributed by atoms with Gasteiger partial charge in [-0.3, -0.25) is 25.0 Å². The van der Waals surface area contributed by atoms with Crippen LogP contribution in [-0.2, 0) is 24.8 Å². The minimum Gasteiger partial charge on any atom is -0.501 e.